The van der Waals surface area contributed by atoms with Crippen molar-refractivity contribution in [3.63, 3.8) is 0 Å². The number of hydrogen-bond donors (Lipinski definition) is 0. The molecular formula is C18H22N6O2S. The monoisotopic (exact) mass is 386 g/mol. The second-order valence-electron chi connectivity index (χ2n) is 6.89. The highest BCUT2D eigenvalue weighted by molar-refractivity contribution is 7.92. The van der Waals surface area contributed by atoms with Gasteiger partial charge in [0.25, 0.3) is 5.95 Å². The Hall–Kier alpha value is -2.52. The average Bonchev–Trinajstić information content (AvgIpc) is 3.04. The Labute approximate surface area is 158 Å². The normalized spacial score (nSPS) is 18.0. The van der Waals surface area contributed by atoms with Crippen molar-refractivity contribution in [1.82, 2.24) is 19.7 Å². The fourth-order valence-electron chi connectivity index (χ4n) is 3.12. The molecule has 0 unspecified atom stereocenters. The Kier molecular flexibility index (Phi) is 4.56. The summed E-state index contributed by atoms with van der Waals surface area (Å²) in [5.41, 5.74) is 0.907. The van der Waals surface area contributed by atoms with Gasteiger partial charge < -0.3 is 9.64 Å². The highest BCUT2D eigenvalue weighted by Gasteiger charge is 2.22. The summed E-state index contributed by atoms with van der Waals surface area (Å²) in [6.07, 6.45) is 4.96. The van der Waals surface area contributed by atoms with E-state index >= 15 is 0 Å². The minimum Gasteiger partial charge on any atom is -0.377 e. The number of ether oxygens (including phenoxy) is 1. The third-order valence-corrected chi connectivity index (χ3v) is 4.96. The lowest BCUT2D eigenvalue weighted by Gasteiger charge is -2.34. The van der Waals surface area contributed by atoms with Crippen molar-refractivity contribution in [2.75, 3.05) is 37.2 Å². The largest absolute Gasteiger partial charge is 0.377 e. The summed E-state index contributed by atoms with van der Waals surface area (Å²) in [5.74, 6) is 1.54. The summed E-state index contributed by atoms with van der Waals surface area (Å²) in [5, 5.41) is 5.44. The first-order valence-corrected chi connectivity index (χ1v) is 11.1. The summed E-state index contributed by atoms with van der Waals surface area (Å²) in [4.78, 5) is 11.4. The van der Waals surface area contributed by atoms with Crippen molar-refractivity contribution in [2.45, 2.75) is 13.0 Å². The Morgan fingerprint density at radius 1 is 1.26 bits per heavy atom. The lowest BCUT2D eigenvalue weighted by atomic mass is 10.2. The lowest BCUT2D eigenvalue weighted by molar-refractivity contribution is 0.0985. The molecular weight excluding hydrogens is 364 g/mol. The molecule has 27 heavy (non-hydrogen) atoms. The Bertz CT molecular complexity index is 1090. The van der Waals surface area contributed by atoms with Crippen molar-refractivity contribution in [3.8, 4) is 5.95 Å². The van der Waals surface area contributed by atoms with Gasteiger partial charge in [-0.25, -0.2) is 4.21 Å². The van der Waals surface area contributed by atoms with E-state index in [0.29, 0.717) is 25.0 Å². The molecule has 142 valence electrons. The van der Waals surface area contributed by atoms with E-state index in [1.807, 2.05) is 24.3 Å². The third kappa shape index (κ3) is 3.79. The number of fused-ring (bicyclic) bond motifs is 1. The van der Waals surface area contributed by atoms with Crippen LogP contribution in [-0.4, -0.2) is 62.3 Å². The predicted molar refractivity (Wildman–Crippen MR) is 106 cm³/mol. The molecule has 0 spiro atoms. The van der Waals surface area contributed by atoms with Gasteiger partial charge in [0.15, 0.2) is 5.82 Å². The van der Waals surface area contributed by atoms with Crippen LogP contribution in [0.5, 0.6) is 0 Å². The summed E-state index contributed by atoms with van der Waals surface area (Å²) in [6, 6.07) is 9.83. The number of rotatable bonds is 3. The van der Waals surface area contributed by atoms with Crippen molar-refractivity contribution in [2.24, 2.45) is 4.36 Å². The van der Waals surface area contributed by atoms with Crippen molar-refractivity contribution >= 4 is 32.3 Å². The number of hydrogen-bond acceptors (Lipinski definition) is 7. The number of morpholine rings is 1. The minimum atomic E-state index is -2.35. The molecule has 9 heteroatoms. The third-order valence-electron chi connectivity index (χ3n) is 4.33. The standard InChI is InChI=1S/C18H22N6O2S/c1-13-12-26-9-8-23(13)17-10-16(22-27(2,3)25)20-18(21-17)24-15-7-5-4-6-14(15)11-19-24/h4-7,10-11,13H,8-9,12H2,1-3H3/t13-/m1/s1. The molecule has 2 aromatic heterocycles. The van der Waals surface area contributed by atoms with Gasteiger partial charge in [0.2, 0.25) is 0 Å². The second kappa shape index (κ2) is 6.90. The number of nitrogens with zero attached hydrogens (tertiary/aromatic N) is 6. The summed E-state index contributed by atoms with van der Waals surface area (Å²) < 4.78 is 23.8. The molecule has 0 N–H and O–H groups in total. The van der Waals surface area contributed by atoms with Crippen LogP contribution in [0.25, 0.3) is 16.9 Å². The smallest absolute Gasteiger partial charge is 0.255 e. The van der Waals surface area contributed by atoms with E-state index in [-0.39, 0.29) is 6.04 Å². The maximum absolute atomic E-state index is 12.2. The van der Waals surface area contributed by atoms with Crippen LogP contribution in [0.15, 0.2) is 40.9 Å². The van der Waals surface area contributed by atoms with E-state index in [4.69, 9.17) is 9.72 Å². The molecule has 0 bridgehead atoms. The molecule has 0 aliphatic carbocycles. The molecule has 0 saturated carbocycles. The molecule has 1 atom stereocenters. The Morgan fingerprint density at radius 2 is 2.07 bits per heavy atom. The van der Waals surface area contributed by atoms with E-state index in [1.54, 1.807) is 29.5 Å². The lowest BCUT2D eigenvalue weighted by Crippen LogP contribution is -2.44. The zero-order chi connectivity index (χ0) is 19.0. The van der Waals surface area contributed by atoms with Gasteiger partial charge in [0.05, 0.1) is 31.0 Å². The van der Waals surface area contributed by atoms with Gasteiger partial charge in [-0.1, -0.05) is 18.2 Å². The quantitative estimate of drug-likeness (QED) is 0.687. The number of anilines is 1. The van der Waals surface area contributed by atoms with Gasteiger partial charge in [-0.05, 0) is 13.0 Å². The topological polar surface area (TPSA) is 85.5 Å². The molecule has 1 fully saturated rings. The molecule has 3 aromatic rings. The fourth-order valence-corrected chi connectivity index (χ4v) is 3.67. The highest BCUT2D eigenvalue weighted by atomic mass is 32.2. The minimum absolute atomic E-state index is 0.177. The fraction of sp³-hybridized carbons (Fsp3) is 0.389. The first-order valence-electron chi connectivity index (χ1n) is 8.74. The number of para-hydroxylation sites is 1. The van der Waals surface area contributed by atoms with Gasteiger partial charge in [0, 0.05) is 40.2 Å². The van der Waals surface area contributed by atoms with E-state index in [0.717, 1.165) is 23.3 Å². The molecule has 3 heterocycles. The second-order valence-corrected chi connectivity index (χ2v) is 9.43. The van der Waals surface area contributed by atoms with Crippen LogP contribution >= 0.6 is 0 Å². The molecule has 1 aliphatic rings. The van der Waals surface area contributed by atoms with Crippen molar-refractivity contribution in [1.29, 1.82) is 0 Å². The summed E-state index contributed by atoms with van der Waals surface area (Å²) >= 11 is 0. The maximum atomic E-state index is 12.2. The van der Waals surface area contributed by atoms with Crippen molar-refractivity contribution < 1.29 is 8.95 Å². The van der Waals surface area contributed by atoms with E-state index in [1.165, 1.54) is 0 Å². The van der Waals surface area contributed by atoms with Crippen LogP contribution in [0, 0.1) is 0 Å². The van der Waals surface area contributed by atoms with E-state index in [2.05, 4.69) is 26.3 Å². The molecule has 1 aliphatic heterocycles. The zero-order valence-corrected chi connectivity index (χ0v) is 16.4. The summed E-state index contributed by atoms with van der Waals surface area (Å²) in [6.45, 7) is 4.09. The van der Waals surface area contributed by atoms with Gasteiger partial charge in [-0.15, -0.1) is 0 Å². The van der Waals surface area contributed by atoms with E-state index < -0.39 is 9.73 Å². The van der Waals surface area contributed by atoms with Crippen LogP contribution < -0.4 is 4.90 Å². The van der Waals surface area contributed by atoms with Crippen LogP contribution in [-0.2, 0) is 14.5 Å². The van der Waals surface area contributed by atoms with Crippen LogP contribution in [0.3, 0.4) is 0 Å². The van der Waals surface area contributed by atoms with Crippen LogP contribution in [0.2, 0.25) is 0 Å². The number of benzene rings is 1. The molecule has 8 nitrogen and oxygen atoms in total. The molecule has 1 aromatic carbocycles. The predicted octanol–water partition coefficient (Wildman–Crippen LogP) is 2.40. The highest BCUT2D eigenvalue weighted by Crippen LogP contribution is 2.25. The van der Waals surface area contributed by atoms with Gasteiger partial charge in [0.1, 0.15) is 5.82 Å². The first kappa shape index (κ1) is 17.9. The summed E-state index contributed by atoms with van der Waals surface area (Å²) in [7, 11) is -2.35. The zero-order valence-electron chi connectivity index (χ0n) is 15.6. The van der Waals surface area contributed by atoms with E-state index in [9.17, 15) is 4.21 Å². The molecule has 4 rings (SSSR count). The molecule has 1 saturated heterocycles. The number of aromatic nitrogens is 4. The Morgan fingerprint density at radius 3 is 2.85 bits per heavy atom. The molecule has 0 radical (unpaired) electrons. The van der Waals surface area contributed by atoms with Gasteiger partial charge >= 0.3 is 0 Å². The van der Waals surface area contributed by atoms with Crippen molar-refractivity contribution in [3.05, 3.63) is 36.5 Å². The van der Waals surface area contributed by atoms with Gasteiger partial charge in [-0.2, -0.15) is 24.1 Å². The van der Waals surface area contributed by atoms with Gasteiger partial charge in [-0.3, -0.25) is 0 Å². The maximum Gasteiger partial charge on any atom is 0.255 e. The SMILES string of the molecule is C[C@@H]1COCCN1c1cc(N=S(C)(C)=O)nc(-n2ncc3ccccc32)n1. The average molecular weight is 386 g/mol. The van der Waals surface area contributed by atoms with Crippen LogP contribution in [0.1, 0.15) is 6.92 Å². The Balaban J connectivity index is 1.89. The van der Waals surface area contributed by atoms with Crippen LogP contribution in [0.4, 0.5) is 11.6 Å². The molecule has 0 amide bonds. The first-order chi connectivity index (χ1) is 12.9.